The number of hydrogen-bond donors (Lipinski definition) is 2. The number of nitrogens with one attached hydrogen (secondary N) is 1. The minimum atomic E-state index is -0.806. The quantitative estimate of drug-likeness (QED) is 0.783. The lowest BCUT2D eigenvalue weighted by Crippen LogP contribution is -2.43. The van der Waals surface area contributed by atoms with Crippen LogP contribution in [0.1, 0.15) is 65.2 Å². The first-order valence-corrected chi connectivity index (χ1v) is 8.56. The molecule has 0 aromatic heterocycles. The van der Waals surface area contributed by atoms with Crippen molar-refractivity contribution in [2.45, 2.75) is 71.3 Å². The van der Waals surface area contributed by atoms with E-state index < -0.39 is 11.9 Å². The van der Waals surface area contributed by atoms with Gasteiger partial charge < -0.3 is 10.4 Å². The third kappa shape index (κ3) is 3.98. The first-order valence-electron chi connectivity index (χ1n) is 8.56. The topological polar surface area (TPSA) is 66.4 Å². The summed E-state index contributed by atoms with van der Waals surface area (Å²) in [6, 6.07) is 0.232. The smallest absolute Gasteiger partial charge is 0.307 e. The molecule has 0 saturated heterocycles. The van der Waals surface area contributed by atoms with E-state index in [1.54, 1.807) is 0 Å². The molecular formula is C17H29NO3. The molecule has 0 aliphatic heterocycles. The number of hydrogen-bond acceptors (Lipinski definition) is 2. The summed E-state index contributed by atoms with van der Waals surface area (Å²) < 4.78 is 0. The highest BCUT2D eigenvalue weighted by Crippen LogP contribution is 2.38. The second-order valence-corrected chi connectivity index (χ2v) is 7.03. The maximum atomic E-state index is 12.6. The van der Waals surface area contributed by atoms with Crippen LogP contribution >= 0.6 is 0 Å². The van der Waals surface area contributed by atoms with Crippen molar-refractivity contribution in [3.63, 3.8) is 0 Å². The third-order valence-corrected chi connectivity index (χ3v) is 5.58. The molecule has 0 aromatic rings. The van der Waals surface area contributed by atoms with E-state index in [0.29, 0.717) is 18.3 Å². The van der Waals surface area contributed by atoms with Gasteiger partial charge in [-0.05, 0) is 37.5 Å². The first kappa shape index (κ1) is 16.3. The fourth-order valence-corrected chi connectivity index (χ4v) is 4.04. The molecule has 21 heavy (non-hydrogen) atoms. The Bertz CT molecular complexity index is 382. The fraction of sp³-hybridized carbons (Fsp3) is 0.882. The second kappa shape index (κ2) is 7.28. The van der Waals surface area contributed by atoms with Gasteiger partial charge in [-0.1, -0.05) is 39.5 Å². The average molecular weight is 295 g/mol. The van der Waals surface area contributed by atoms with Crippen LogP contribution in [-0.2, 0) is 9.59 Å². The minimum Gasteiger partial charge on any atom is -0.481 e. The predicted molar refractivity (Wildman–Crippen MR) is 81.8 cm³/mol. The molecule has 2 rings (SSSR count). The Hall–Kier alpha value is -1.06. The van der Waals surface area contributed by atoms with Crippen molar-refractivity contribution in [2.24, 2.45) is 23.7 Å². The summed E-state index contributed by atoms with van der Waals surface area (Å²) in [5, 5.41) is 12.5. The van der Waals surface area contributed by atoms with Crippen molar-refractivity contribution < 1.29 is 14.7 Å². The molecule has 2 N–H and O–H groups in total. The van der Waals surface area contributed by atoms with Crippen LogP contribution in [0.5, 0.6) is 0 Å². The van der Waals surface area contributed by atoms with Gasteiger partial charge in [0.25, 0.3) is 0 Å². The number of rotatable bonds is 4. The monoisotopic (exact) mass is 295 g/mol. The van der Waals surface area contributed by atoms with Crippen LogP contribution in [0.15, 0.2) is 0 Å². The molecule has 120 valence electrons. The standard InChI is InChI=1S/C17H29NO3/c1-3-12-9-13(14(10-12)17(20)21)16(19)18-15-8-6-4-5-7-11(15)2/h11-15H,3-10H2,1-2H3,(H,18,19)(H,20,21). The van der Waals surface area contributed by atoms with Gasteiger partial charge in [-0.15, -0.1) is 0 Å². The summed E-state index contributed by atoms with van der Waals surface area (Å²) in [5.74, 6) is -0.757. The average Bonchev–Trinajstić information content (AvgIpc) is 2.80. The van der Waals surface area contributed by atoms with Crippen molar-refractivity contribution in [1.29, 1.82) is 0 Å². The van der Waals surface area contributed by atoms with Crippen molar-refractivity contribution >= 4 is 11.9 Å². The number of aliphatic carboxylic acids is 1. The van der Waals surface area contributed by atoms with E-state index >= 15 is 0 Å². The summed E-state index contributed by atoms with van der Waals surface area (Å²) in [6.45, 7) is 4.28. The second-order valence-electron chi connectivity index (χ2n) is 7.03. The molecular weight excluding hydrogens is 266 g/mol. The molecule has 2 aliphatic carbocycles. The number of carbonyl (C=O) groups excluding carboxylic acids is 1. The van der Waals surface area contributed by atoms with Crippen molar-refractivity contribution in [3.8, 4) is 0 Å². The zero-order valence-corrected chi connectivity index (χ0v) is 13.3. The molecule has 2 saturated carbocycles. The van der Waals surface area contributed by atoms with Gasteiger partial charge >= 0.3 is 5.97 Å². The maximum absolute atomic E-state index is 12.6. The van der Waals surface area contributed by atoms with Crippen LogP contribution in [0.25, 0.3) is 0 Å². The molecule has 0 aromatic carbocycles. The molecule has 2 aliphatic rings. The summed E-state index contributed by atoms with van der Waals surface area (Å²) in [4.78, 5) is 24.0. The van der Waals surface area contributed by atoms with E-state index in [2.05, 4.69) is 19.2 Å². The third-order valence-electron chi connectivity index (χ3n) is 5.58. The number of amides is 1. The van der Waals surface area contributed by atoms with Gasteiger partial charge in [-0.3, -0.25) is 9.59 Å². The summed E-state index contributed by atoms with van der Waals surface area (Å²) in [5.41, 5.74) is 0. The number of carboxylic acid groups (broad SMARTS) is 1. The van der Waals surface area contributed by atoms with Crippen molar-refractivity contribution in [2.75, 3.05) is 0 Å². The zero-order chi connectivity index (χ0) is 15.4. The summed E-state index contributed by atoms with van der Waals surface area (Å²) in [7, 11) is 0. The highest BCUT2D eigenvalue weighted by Gasteiger charge is 2.42. The Morgan fingerprint density at radius 2 is 1.76 bits per heavy atom. The van der Waals surface area contributed by atoms with Crippen LogP contribution in [0, 0.1) is 23.7 Å². The molecule has 5 unspecified atom stereocenters. The van der Waals surface area contributed by atoms with Gasteiger partial charge in [0.15, 0.2) is 0 Å². The van der Waals surface area contributed by atoms with Crippen molar-refractivity contribution in [1.82, 2.24) is 5.32 Å². The van der Waals surface area contributed by atoms with Gasteiger partial charge in [-0.2, -0.15) is 0 Å². The lowest BCUT2D eigenvalue weighted by molar-refractivity contribution is -0.146. The van der Waals surface area contributed by atoms with Gasteiger partial charge in [-0.25, -0.2) is 0 Å². The van der Waals surface area contributed by atoms with Crippen molar-refractivity contribution in [3.05, 3.63) is 0 Å². The lowest BCUT2D eigenvalue weighted by atomic mass is 9.92. The largest absolute Gasteiger partial charge is 0.481 e. The molecule has 0 spiro atoms. The van der Waals surface area contributed by atoms with Crippen LogP contribution in [0.4, 0.5) is 0 Å². The Balaban J connectivity index is 1.99. The molecule has 4 nitrogen and oxygen atoms in total. The highest BCUT2D eigenvalue weighted by atomic mass is 16.4. The highest BCUT2D eigenvalue weighted by molar-refractivity contribution is 5.85. The zero-order valence-electron chi connectivity index (χ0n) is 13.3. The normalized spacial score (nSPS) is 37.0. The van der Waals surface area contributed by atoms with E-state index in [9.17, 15) is 14.7 Å². The summed E-state index contributed by atoms with van der Waals surface area (Å²) in [6.07, 6.45) is 8.21. The predicted octanol–water partition coefficient (Wildman–Crippen LogP) is 3.21. The fourth-order valence-electron chi connectivity index (χ4n) is 4.04. The molecule has 5 atom stereocenters. The number of carboxylic acids is 1. The van der Waals surface area contributed by atoms with E-state index in [4.69, 9.17) is 0 Å². The lowest BCUT2D eigenvalue weighted by Gasteiger charge is -2.25. The molecule has 1 amide bonds. The number of carbonyl (C=O) groups is 2. The van der Waals surface area contributed by atoms with E-state index in [1.807, 2.05) is 0 Å². The molecule has 0 bridgehead atoms. The first-order chi connectivity index (χ1) is 10.0. The van der Waals surface area contributed by atoms with Gasteiger partial charge in [0.05, 0.1) is 11.8 Å². The molecule has 2 fully saturated rings. The minimum absolute atomic E-state index is 0.0166. The maximum Gasteiger partial charge on any atom is 0.307 e. The SMILES string of the molecule is CCC1CC(C(=O)O)C(C(=O)NC2CCCCCC2C)C1. The van der Waals surface area contributed by atoms with Crippen LogP contribution < -0.4 is 5.32 Å². The Labute approximate surface area is 127 Å². The van der Waals surface area contributed by atoms with Gasteiger partial charge in [0.2, 0.25) is 5.91 Å². The molecule has 4 heteroatoms. The Morgan fingerprint density at radius 1 is 1.10 bits per heavy atom. The van der Waals surface area contributed by atoms with E-state index in [-0.39, 0.29) is 17.9 Å². The van der Waals surface area contributed by atoms with Gasteiger partial charge in [0.1, 0.15) is 0 Å². The van der Waals surface area contributed by atoms with Crippen LogP contribution in [0.2, 0.25) is 0 Å². The Morgan fingerprint density at radius 3 is 2.43 bits per heavy atom. The van der Waals surface area contributed by atoms with Crippen LogP contribution in [0.3, 0.4) is 0 Å². The Kier molecular flexibility index (Phi) is 5.65. The summed E-state index contributed by atoms with van der Waals surface area (Å²) >= 11 is 0. The van der Waals surface area contributed by atoms with Crippen LogP contribution in [-0.4, -0.2) is 23.0 Å². The van der Waals surface area contributed by atoms with Gasteiger partial charge in [0, 0.05) is 6.04 Å². The van der Waals surface area contributed by atoms with E-state index in [0.717, 1.165) is 25.7 Å². The molecule has 0 radical (unpaired) electrons. The molecule has 0 heterocycles. The van der Waals surface area contributed by atoms with E-state index in [1.165, 1.54) is 19.3 Å².